The molecular formula is C15H12ClF3O2. The number of hydrogen-bond donors (Lipinski definition) is 1. The van der Waals surface area contributed by atoms with E-state index in [1.165, 1.54) is 18.2 Å². The molecule has 0 atom stereocenters. The minimum Gasteiger partial charge on any atom is -0.456 e. The first kappa shape index (κ1) is 15.7. The molecule has 6 heteroatoms. The van der Waals surface area contributed by atoms with Gasteiger partial charge in [0.15, 0.2) is 0 Å². The smallest absolute Gasteiger partial charge is 0.419 e. The maximum Gasteiger partial charge on any atom is 0.419 e. The van der Waals surface area contributed by atoms with Gasteiger partial charge in [0.25, 0.3) is 0 Å². The lowest BCUT2D eigenvalue weighted by molar-refractivity contribution is -0.138. The summed E-state index contributed by atoms with van der Waals surface area (Å²) >= 11 is 5.80. The third-order valence-corrected chi connectivity index (χ3v) is 3.12. The minimum absolute atomic E-state index is 0.169. The van der Waals surface area contributed by atoms with Gasteiger partial charge in [0.2, 0.25) is 0 Å². The van der Waals surface area contributed by atoms with Gasteiger partial charge in [-0.15, -0.1) is 0 Å². The summed E-state index contributed by atoms with van der Waals surface area (Å²) in [5.41, 5.74) is -0.132. The highest BCUT2D eigenvalue weighted by molar-refractivity contribution is 6.30. The van der Waals surface area contributed by atoms with E-state index >= 15 is 0 Å². The predicted octanol–water partition coefficient (Wildman–Crippen LogP) is 4.95. The molecule has 0 aliphatic heterocycles. The van der Waals surface area contributed by atoms with Crippen LogP contribution in [-0.4, -0.2) is 5.11 Å². The molecule has 0 saturated heterocycles. The molecule has 1 N–H and O–H groups in total. The zero-order chi connectivity index (χ0) is 15.6. The monoisotopic (exact) mass is 316 g/mol. The molecule has 0 spiro atoms. The lowest BCUT2D eigenvalue weighted by Gasteiger charge is -2.16. The number of hydrogen-bond acceptors (Lipinski definition) is 2. The number of aliphatic hydroxyl groups is 1. The quantitative estimate of drug-likeness (QED) is 0.868. The van der Waals surface area contributed by atoms with Gasteiger partial charge in [-0.05, 0) is 48.4 Å². The normalized spacial score (nSPS) is 11.5. The van der Waals surface area contributed by atoms with E-state index in [-0.39, 0.29) is 11.3 Å². The van der Waals surface area contributed by atoms with Crippen molar-refractivity contribution in [3.05, 3.63) is 58.1 Å². The molecule has 0 aliphatic carbocycles. The van der Waals surface area contributed by atoms with Crippen molar-refractivity contribution in [2.45, 2.75) is 19.7 Å². The third kappa shape index (κ3) is 3.68. The van der Waals surface area contributed by atoms with Crippen molar-refractivity contribution in [3.8, 4) is 11.5 Å². The molecule has 112 valence electrons. The van der Waals surface area contributed by atoms with E-state index in [0.717, 1.165) is 6.07 Å². The maximum absolute atomic E-state index is 13.0. The number of halogens is 4. The van der Waals surface area contributed by atoms with Crippen LogP contribution in [0.25, 0.3) is 0 Å². The fourth-order valence-electron chi connectivity index (χ4n) is 1.83. The number of aliphatic hydroxyl groups excluding tert-OH is 1. The van der Waals surface area contributed by atoms with E-state index < -0.39 is 18.3 Å². The van der Waals surface area contributed by atoms with Crippen LogP contribution < -0.4 is 4.74 Å². The SMILES string of the molecule is Cc1cc(Cl)ccc1Oc1ccc(CO)cc1C(F)(F)F. The van der Waals surface area contributed by atoms with E-state index in [0.29, 0.717) is 16.3 Å². The Kier molecular flexibility index (Phi) is 4.44. The molecule has 0 bridgehead atoms. The predicted molar refractivity (Wildman–Crippen MR) is 73.6 cm³/mol. The second-order valence-corrected chi connectivity index (χ2v) is 4.93. The van der Waals surface area contributed by atoms with Crippen molar-refractivity contribution >= 4 is 11.6 Å². The van der Waals surface area contributed by atoms with Gasteiger partial charge >= 0.3 is 6.18 Å². The molecule has 0 radical (unpaired) electrons. The van der Waals surface area contributed by atoms with Crippen LogP contribution in [0.5, 0.6) is 11.5 Å². The minimum atomic E-state index is -4.57. The van der Waals surface area contributed by atoms with Crippen LogP contribution in [0.4, 0.5) is 13.2 Å². The average Bonchev–Trinajstić information content (AvgIpc) is 2.41. The zero-order valence-corrected chi connectivity index (χ0v) is 11.8. The summed E-state index contributed by atoms with van der Waals surface area (Å²) in [5.74, 6) is -0.0215. The maximum atomic E-state index is 13.0. The fourth-order valence-corrected chi connectivity index (χ4v) is 2.06. The topological polar surface area (TPSA) is 29.5 Å². The highest BCUT2D eigenvalue weighted by atomic mass is 35.5. The van der Waals surface area contributed by atoms with Gasteiger partial charge in [0, 0.05) is 5.02 Å². The molecule has 2 nitrogen and oxygen atoms in total. The summed E-state index contributed by atoms with van der Waals surface area (Å²) < 4.78 is 44.5. The zero-order valence-electron chi connectivity index (χ0n) is 11.0. The van der Waals surface area contributed by atoms with Crippen molar-refractivity contribution in [1.29, 1.82) is 0 Å². The molecule has 0 heterocycles. The van der Waals surface area contributed by atoms with Crippen LogP contribution >= 0.6 is 11.6 Å². The summed E-state index contributed by atoms with van der Waals surface area (Å²) in [6.45, 7) is 1.22. The van der Waals surface area contributed by atoms with E-state index in [2.05, 4.69) is 0 Å². The fraction of sp³-hybridized carbons (Fsp3) is 0.200. The lowest BCUT2D eigenvalue weighted by atomic mass is 10.1. The van der Waals surface area contributed by atoms with Gasteiger partial charge in [-0.1, -0.05) is 17.7 Å². The Hall–Kier alpha value is -1.72. The van der Waals surface area contributed by atoms with Crippen LogP contribution in [-0.2, 0) is 12.8 Å². The third-order valence-electron chi connectivity index (χ3n) is 2.89. The van der Waals surface area contributed by atoms with Crippen molar-refractivity contribution in [2.75, 3.05) is 0 Å². The first-order valence-corrected chi connectivity index (χ1v) is 6.44. The molecule has 0 aromatic heterocycles. The van der Waals surface area contributed by atoms with Crippen LogP contribution in [0, 0.1) is 6.92 Å². The largest absolute Gasteiger partial charge is 0.456 e. The summed E-state index contributed by atoms with van der Waals surface area (Å²) in [6.07, 6.45) is -4.57. The Morgan fingerprint density at radius 1 is 1.10 bits per heavy atom. The van der Waals surface area contributed by atoms with Gasteiger partial charge in [-0.2, -0.15) is 13.2 Å². The van der Waals surface area contributed by atoms with Crippen molar-refractivity contribution in [3.63, 3.8) is 0 Å². The number of aryl methyl sites for hydroxylation is 1. The number of ether oxygens (including phenoxy) is 1. The number of alkyl halides is 3. The van der Waals surface area contributed by atoms with Gasteiger partial charge < -0.3 is 9.84 Å². The standard InChI is InChI=1S/C15H12ClF3O2/c1-9-6-11(16)3-5-13(9)21-14-4-2-10(8-20)7-12(14)15(17,18)19/h2-7,20H,8H2,1H3. The first-order chi connectivity index (χ1) is 9.81. The highest BCUT2D eigenvalue weighted by Crippen LogP contribution is 2.39. The van der Waals surface area contributed by atoms with Crippen molar-refractivity contribution in [1.82, 2.24) is 0 Å². The van der Waals surface area contributed by atoms with Crippen LogP contribution in [0.1, 0.15) is 16.7 Å². The molecule has 2 aromatic carbocycles. The summed E-state index contributed by atoms with van der Waals surface area (Å²) in [7, 11) is 0. The van der Waals surface area contributed by atoms with Crippen LogP contribution in [0.3, 0.4) is 0 Å². The van der Waals surface area contributed by atoms with Gasteiger partial charge in [0.1, 0.15) is 11.5 Å². The Labute approximate surface area is 124 Å². The van der Waals surface area contributed by atoms with Crippen LogP contribution in [0.2, 0.25) is 5.02 Å². The van der Waals surface area contributed by atoms with Gasteiger partial charge in [0.05, 0.1) is 12.2 Å². The molecule has 0 amide bonds. The summed E-state index contributed by atoms with van der Waals surface area (Å²) in [4.78, 5) is 0. The van der Waals surface area contributed by atoms with Gasteiger partial charge in [-0.25, -0.2) is 0 Å². The van der Waals surface area contributed by atoms with E-state index in [1.807, 2.05) is 0 Å². The number of benzene rings is 2. The molecule has 0 fully saturated rings. The highest BCUT2D eigenvalue weighted by Gasteiger charge is 2.35. The molecular weight excluding hydrogens is 305 g/mol. The molecule has 21 heavy (non-hydrogen) atoms. The Morgan fingerprint density at radius 2 is 1.76 bits per heavy atom. The average molecular weight is 317 g/mol. The van der Waals surface area contributed by atoms with E-state index in [4.69, 9.17) is 21.4 Å². The molecule has 2 rings (SSSR count). The van der Waals surface area contributed by atoms with Gasteiger partial charge in [-0.3, -0.25) is 0 Å². The molecule has 2 aromatic rings. The second-order valence-electron chi connectivity index (χ2n) is 4.50. The Bertz CT molecular complexity index is 654. The van der Waals surface area contributed by atoms with E-state index in [9.17, 15) is 13.2 Å². The molecule has 0 saturated carbocycles. The van der Waals surface area contributed by atoms with Crippen molar-refractivity contribution in [2.24, 2.45) is 0 Å². The van der Waals surface area contributed by atoms with E-state index in [1.54, 1.807) is 19.1 Å². The summed E-state index contributed by atoms with van der Waals surface area (Å²) in [5, 5.41) is 9.44. The summed E-state index contributed by atoms with van der Waals surface area (Å²) in [6, 6.07) is 8.11. The van der Waals surface area contributed by atoms with Crippen LogP contribution in [0.15, 0.2) is 36.4 Å². The molecule has 0 unspecified atom stereocenters. The molecule has 0 aliphatic rings. The second kappa shape index (κ2) is 5.95. The first-order valence-electron chi connectivity index (χ1n) is 6.06. The number of rotatable bonds is 3. The lowest BCUT2D eigenvalue weighted by Crippen LogP contribution is -2.08. The van der Waals surface area contributed by atoms with Crippen molar-refractivity contribution < 1.29 is 23.0 Å². The Balaban J connectivity index is 2.44. The Morgan fingerprint density at radius 3 is 2.33 bits per heavy atom.